The van der Waals surface area contributed by atoms with Gasteiger partial charge < -0.3 is 10.1 Å². The summed E-state index contributed by atoms with van der Waals surface area (Å²) in [7, 11) is 1.18. The number of hydrogen-bond acceptors (Lipinski definition) is 6. The Kier molecular flexibility index (Phi) is 6.30. The number of amidine groups is 1. The van der Waals surface area contributed by atoms with E-state index >= 15 is 0 Å². The molecule has 0 aliphatic carbocycles. The van der Waals surface area contributed by atoms with Crippen LogP contribution >= 0.6 is 38.9 Å². The molecule has 29 heavy (non-hydrogen) atoms. The number of alkyl halides is 4. The zero-order valence-corrected chi connectivity index (χ0v) is 17.6. The fraction of sp³-hybridized carbons (Fsp3) is 0.235. The first kappa shape index (κ1) is 21.7. The van der Waals surface area contributed by atoms with Gasteiger partial charge in [0, 0.05) is 27.0 Å². The molecule has 1 aliphatic heterocycles. The van der Waals surface area contributed by atoms with Crippen molar-refractivity contribution in [2.24, 2.45) is 4.99 Å². The van der Waals surface area contributed by atoms with E-state index in [-0.39, 0.29) is 26.8 Å². The summed E-state index contributed by atoms with van der Waals surface area (Å²) < 4.78 is 57.0. The summed E-state index contributed by atoms with van der Waals surface area (Å²) in [5.41, 5.74) is -0.356. The third kappa shape index (κ3) is 4.46. The molecule has 3 rings (SSSR count). The number of aliphatic imine (C=N–C) groups is 1. The Morgan fingerprint density at radius 1 is 1.41 bits per heavy atom. The Bertz CT molecular complexity index is 1020. The number of halogens is 6. The van der Waals surface area contributed by atoms with E-state index in [0.717, 1.165) is 28.8 Å². The number of esters is 1. The zero-order chi connectivity index (χ0) is 21.3. The number of rotatable bonds is 4. The van der Waals surface area contributed by atoms with Crippen molar-refractivity contribution in [2.75, 3.05) is 12.4 Å². The number of methoxy groups -OCH3 is 1. The Morgan fingerprint density at radius 2 is 2.14 bits per heavy atom. The van der Waals surface area contributed by atoms with Crippen LogP contribution in [0.4, 0.5) is 17.6 Å². The molecule has 0 spiro atoms. The second kappa shape index (κ2) is 8.41. The lowest BCUT2D eigenvalue weighted by atomic mass is 9.96. The number of nitrogens with one attached hydrogen (secondary N) is 1. The third-order valence-corrected chi connectivity index (χ3v) is 5.66. The summed E-state index contributed by atoms with van der Waals surface area (Å²) in [6.07, 6.45) is -4.60. The molecule has 154 valence electrons. The van der Waals surface area contributed by atoms with Crippen LogP contribution in [0.5, 0.6) is 0 Å². The minimum atomic E-state index is -4.60. The first-order valence-corrected chi connectivity index (χ1v) is 10.2. The van der Waals surface area contributed by atoms with Crippen molar-refractivity contribution in [3.8, 4) is 0 Å². The maximum atomic E-state index is 13.5. The molecule has 12 heteroatoms. The van der Waals surface area contributed by atoms with Crippen molar-refractivity contribution < 1.29 is 27.1 Å². The summed E-state index contributed by atoms with van der Waals surface area (Å²) in [6, 6.07) is 2.53. The maximum absolute atomic E-state index is 13.5. The molecule has 0 bridgehead atoms. The second-order valence-corrected chi connectivity index (χ2v) is 7.55. The number of allylic oxidation sites excluding steroid dienone is 1. The van der Waals surface area contributed by atoms with Crippen LogP contribution in [0.3, 0.4) is 0 Å². The van der Waals surface area contributed by atoms with Crippen LogP contribution in [0, 0.1) is 5.82 Å². The van der Waals surface area contributed by atoms with Crippen LogP contribution < -0.4 is 5.32 Å². The quantitative estimate of drug-likeness (QED) is 0.361. The van der Waals surface area contributed by atoms with Gasteiger partial charge in [0.2, 0.25) is 0 Å². The van der Waals surface area contributed by atoms with Gasteiger partial charge in [-0.15, -0.1) is 11.3 Å². The molecule has 2 aromatic rings. The van der Waals surface area contributed by atoms with Crippen LogP contribution in [-0.4, -0.2) is 29.2 Å². The summed E-state index contributed by atoms with van der Waals surface area (Å²) >= 11 is 10.1. The molecule has 0 amide bonds. The van der Waals surface area contributed by atoms with Gasteiger partial charge in [-0.3, -0.25) is 4.99 Å². The molecule has 5 nitrogen and oxygen atoms in total. The van der Waals surface area contributed by atoms with E-state index in [2.05, 4.69) is 31.2 Å². The maximum Gasteiger partial charge on any atom is 0.434 e. The zero-order valence-electron chi connectivity index (χ0n) is 14.5. The standard InChI is InChI=1S/C17H11BrClF4N3O2S/c1-28-16(27)12-10(5-18)24-14(15-25-11(6-29-15)17(21,22)23)26-13(12)8-3-2-7(20)4-9(8)19/h2-4,6,13H,5H2,1H3,(H,24,26). The lowest BCUT2D eigenvalue weighted by Gasteiger charge is -2.26. The van der Waals surface area contributed by atoms with E-state index in [1.54, 1.807) is 0 Å². The Morgan fingerprint density at radius 3 is 2.69 bits per heavy atom. The Hall–Kier alpha value is -1.98. The first-order chi connectivity index (χ1) is 13.7. The number of carbonyl (C=O) groups is 1. The first-order valence-electron chi connectivity index (χ1n) is 7.86. The summed E-state index contributed by atoms with van der Waals surface area (Å²) in [5.74, 6) is -1.27. The minimum Gasteiger partial charge on any atom is -0.466 e. The van der Waals surface area contributed by atoms with E-state index in [4.69, 9.17) is 16.3 Å². The predicted molar refractivity (Wildman–Crippen MR) is 104 cm³/mol. The second-order valence-electron chi connectivity index (χ2n) is 5.72. The van der Waals surface area contributed by atoms with E-state index in [9.17, 15) is 22.4 Å². The smallest absolute Gasteiger partial charge is 0.434 e. The number of hydrogen-bond donors (Lipinski definition) is 1. The van der Waals surface area contributed by atoms with Crippen LogP contribution in [0.2, 0.25) is 5.02 Å². The van der Waals surface area contributed by atoms with Gasteiger partial charge in [-0.25, -0.2) is 14.2 Å². The van der Waals surface area contributed by atoms with Gasteiger partial charge in [-0.05, 0) is 12.1 Å². The molecular weight excluding hydrogens is 502 g/mol. The van der Waals surface area contributed by atoms with Gasteiger partial charge >= 0.3 is 12.1 Å². The number of thiazole rings is 1. The van der Waals surface area contributed by atoms with E-state index in [1.807, 2.05) is 0 Å². The van der Waals surface area contributed by atoms with Crippen molar-refractivity contribution in [3.05, 3.63) is 62.0 Å². The lowest BCUT2D eigenvalue weighted by molar-refractivity contribution is -0.140. The van der Waals surface area contributed by atoms with E-state index < -0.39 is 29.7 Å². The topological polar surface area (TPSA) is 63.6 Å². The highest BCUT2D eigenvalue weighted by Gasteiger charge is 2.36. The van der Waals surface area contributed by atoms with Gasteiger partial charge in [0.25, 0.3) is 0 Å². The molecule has 1 aromatic heterocycles. The van der Waals surface area contributed by atoms with Crippen LogP contribution in [0.1, 0.15) is 22.3 Å². The third-order valence-electron chi connectivity index (χ3n) is 3.92. The van der Waals surface area contributed by atoms with Gasteiger partial charge in [0.05, 0.1) is 12.7 Å². The normalized spacial score (nSPS) is 17.1. The highest BCUT2D eigenvalue weighted by atomic mass is 79.9. The molecular formula is C17H11BrClF4N3O2S. The van der Waals surface area contributed by atoms with Crippen molar-refractivity contribution in [1.29, 1.82) is 0 Å². The predicted octanol–water partition coefficient (Wildman–Crippen LogP) is 4.87. The number of ether oxygens (including phenoxy) is 1. The molecule has 0 fully saturated rings. The molecule has 1 unspecified atom stereocenters. The van der Waals surface area contributed by atoms with Crippen LogP contribution in [-0.2, 0) is 15.7 Å². The molecule has 0 radical (unpaired) electrons. The largest absolute Gasteiger partial charge is 0.466 e. The molecule has 1 atom stereocenters. The molecule has 0 saturated heterocycles. The van der Waals surface area contributed by atoms with E-state index in [1.165, 1.54) is 13.2 Å². The summed E-state index contributed by atoms with van der Waals surface area (Å²) in [6.45, 7) is 0. The number of nitrogens with zero attached hydrogens (tertiary/aromatic N) is 2. The van der Waals surface area contributed by atoms with E-state index in [0.29, 0.717) is 11.3 Å². The lowest BCUT2D eigenvalue weighted by Crippen LogP contribution is -2.34. The Balaban J connectivity index is 2.14. The number of carbonyl (C=O) groups excluding carboxylic acids is 1. The SMILES string of the molecule is COC(=O)C1=C(CBr)NC(c2nc(C(F)(F)F)cs2)=NC1c1ccc(F)cc1Cl. The number of aromatic nitrogens is 1. The monoisotopic (exact) mass is 511 g/mol. The molecule has 0 saturated carbocycles. The fourth-order valence-electron chi connectivity index (χ4n) is 2.62. The highest BCUT2D eigenvalue weighted by molar-refractivity contribution is 9.09. The van der Waals surface area contributed by atoms with Crippen molar-refractivity contribution in [3.63, 3.8) is 0 Å². The average molecular weight is 513 g/mol. The fourth-order valence-corrected chi connectivity index (χ4v) is 4.11. The van der Waals surface area contributed by atoms with Crippen LogP contribution in [0.25, 0.3) is 0 Å². The average Bonchev–Trinajstić information content (AvgIpc) is 3.17. The summed E-state index contributed by atoms with van der Waals surface area (Å²) in [4.78, 5) is 20.3. The van der Waals surface area contributed by atoms with Crippen LogP contribution in [0.15, 0.2) is 39.8 Å². The van der Waals surface area contributed by atoms with Gasteiger partial charge in [-0.1, -0.05) is 33.6 Å². The molecule has 1 N–H and O–H groups in total. The molecule has 2 heterocycles. The Labute approximate surface area is 179 Å². The van der Waals surface area contributed by atoms with Crippen molar-refractivity contribution >= 4 is 50.7 Å². The molecule has 1 aliphatic rings. The van der Waals surface area contributed by atoms with Gasteiger partial charge in [0.15, 0.2) is 16.5 Å². The van der Waals surface area contributed by atoms with Gasteiger partial charge in [0.1, 0.15) is 11.9 Å². The number of benzene rings is 1. The van der Waals surface area contributed by atoms with Crippen molar-refractivity contribution in [2.45, 2.75) is 12.2 Å². The van der Waals surface area contributed by atoms with Crippen molar-refractivity contribution in [1.82, 2.24) is 10.3 Å². The highest BCUT2D eigenvalue weighted by Crippen LogP contribution is 2.37. The summed E-state index contributed by atoms with van der Waals surface area (Å²) in [5, 5.41) is 3.82. The van der Waals surface area contributed by atoms with Gasteiger partial charge in [-0.2, -0.15) is 13.2 Å². The minimum absolute atomic E-state index is 0.00504. The molecule has 1 aromatic carbocycles.